The van der Waals surface area contributed by atoms with Gasteiger partial charge in [0.15, 0.2) is 0 Å². The highest BCUT2D eigenvalue weighted by Crippen LogP contribution is 2.09. The van der Waals surface area contributed by atoms with Crippen LogP contribution in [0, 0.1) is 6.92 Å². The van der Waals surface area contributed by atoms with Crippen molar-refractivity contribution in [3.05, 3.63) is 11.9 Å². The van der Waals surface area contributed by atoms with Gasteiger partial charge in [-0.3, -0.25) is 4.90 Å². The summed E-state index contributed by atoms with van der Waals surface area (Å²) in [7, 11) is 1.72. The van der Waals surface area contributed by atoms with Gasteiger partial charge in [-0.05, 0) is 34.6 Å². The third-order valence-corrected chi connectivity index (χ3v) is 3.41. The summed E-state index contributed by atoms with van der Waals surface area (Å²) < 4.78 is 7.25. The number of aromatic nitrogens is 2. The van der Waals surface area contributed by atoms with Crippen LogP contribution >= 0.6 is 0 Å². The second-order valence-electron chi connectivity index (χ2n) is 5.74. The molecule has 0 fully saturated rings. The molecule has 0 atom stereocenters. The van der Waals surface area contributed by atoms with E-state index in [4.69, 9.17) is 4.74 Å². The van der Waals surface area contributed by atoms with Gasteiger partial charge in [0.25, 0.3) is 0 Å². The third-order valence-electron chi connectivity index (χ3n) is 3.41. The number of methoxy groups -OCH3 is 1. The largest absolute Gasteiger partial charge is 0.383 e. The summed E-state index contributed by atoms with van der Waals surface area (Å²) in [5.41, 5.74) is 1.04. The fourth-order valence-corrected chi connectivity index (χ4v) is 2.46. The van der Waals surface area contributed by atoms with E-state index in [0.717, 1.165) is 31.3 Å². The lowest BCUT2D eigenvalue weighted by atomic mass is 10.2. The molecule has 0 aliphatic rings. The number of imidazole rings is 1. The monoisotopic (exact) mass is 282 g/mol. The Morgan fingerprint density at radius 3 is 2.50 bits per heavy atom. The topological polar surface area (TPSA) is 42.3 Å². The van der Waals surface area contributed by atoms with Crippen molar-refractivity contribution in [3.8, 4) is 0 Å². The van der Waals surface area contributed by atoms with E-state index in [1.807, 2.05) is 6.92 Å². The molecule has 0 spiro atoms. The summed E-state index contributed by atoms with van der Waals surface area (Å²) in [5.74, 6) is 0.937. The van der Waals surface area contributed by atoms with Gasteiger partial charge in [-0.1, -0.05) is 0 Å². The van der Waals surface area contributed by atoms with Gasteiger partial charge in [0.2, 0.25) is 5.95 Å². The molecule has 1 aromatic heterocycles. The highest BCUT2D eigenvalue weighted by atomic mass is 16.5. The minimum Gasteiger partial charge on any atom is -0.383 e. The molecule has 5 nitrogen and oxygen atoms in total. The fraction of sp³-hybridized carbons (Fsp3) is 0.800. The molecule has 5 heteroatoms. The molecule has 0 saturated heterocycles. The van der Waals surface area contributed by atoms with E-state index in [-0.39, 0.29) is 0 Å². The van der Waals surface area contributed by atoms with Gasteiger partial charge in [0.1, 0.15) is 0 Å². The van der Waals surface area contributed by atoms with E-state index in [0.29, 0.717) is 18.7 Å². The van der Waals surface area contributed by atoms with E-state index in [9.17, 15) is 0 Å². The summed E-state index contributed by atoms with van der Waals surface area (Å²) in [4.78, 5) is 7.00. The Kier molecular flexibility index (Phi) is 7.02. The van der Waals surface area contributed by atoms with Crippen LogP contribution in [-0.2, 0) is 11.3 Å². The molecule has 1 heterocycles. The van der Waals surface area contributed by atoms with Gasteiger partial charge < -0.3 is 14.6 Å². The number of ether oxygens (including phenoxy) is 1. The molecule has 0 unspecified atom stereocenters. The van der Waals surface area contributed by atoms with Crippen molar-refractivity contribution in [1.82, 2.24) is 14.5 Å². The summed E-state index contributed by atoms with van der Waals surface area (Å²) >= 11 is 0. The van der Waals surface area contributed by atoms with Gasteiger partial charge in [-0.25, -0.2) is 4.98 Å². The normalized spacial score (nSPS) is 11.8. The fourth-order valence-electron chi connectivity index (χ4n) is 2.46. The molecule has 1 aromatic rings. The Morgan fingerprint density at radius 2 is 1.95 bits per heavy atom. The average Bonchev–Trinajstić information content (AvgIpc) is 2.71. The van der Waals surface area contributed by atoms with Crippen LogP contribution in [0.25, 0.3) is 0 Å². The highest BCUT2D eigenvalue weighted by Gasteiger charge is 2.13. The lowest BCUT2D eigenvalue weighted by Crippen LogP contribution is -2.40. The Balaban J connectivity index is 2.52. The van der Waals surface area contributed by atoms with Crippen LogP contribution in [0.1, 0.15) is 33.4 Å². The van der Waals surface area contributed by atoms with Crippen LogP contribution in [-0.4, -0.2) is 53.3 Å². The molecular formula is C15H30N4O. The molecule has 20 heavy (non-hydrogen) atoms. The van der Waals surface area contributed by atoms with Crippen molar-refractivity contribution in [2.24, 2.45) is 0 Å². The number of anilines is 1. The van der Waals surface area contributed by atoms with E-state index < -0.39 is 0 Å². The minimum absolute atomic E-state index is 0.562. The van der Waals surface area contributed by atoms with Crippen LogP contribution in [0.4, 0.5) is 5.95 Å². The van der Waals surface area contributed by atoms with Crippen LogP contribution in [0.2, 0.25) is 0 Å². The van der Waals surface area contributed by atoms with Gasteiger partial charge in [-0.15, -0.1) is 0 Å². The van der Waals surface area contributed by atoms with Crippen LogP contribution in [0.3, 0.4) is 0 Å². The zero-order chi connectivity index (χ0) is 15.1. The van der Waals surface area contributed by atoms with Crippen molar-refractivity contribution >= 4 is 5.95 Å². The molecule has 0 amide bonds. The Bertz CT molecular complexity index is 379. The number of rotatable bonds is 9. The second-order valence-corrected chi connectivity index (χ2v) is 5.74. The molecule has 0 aliphatic carbocycles. The quantitative estimate of drug-likeness (QED) is 0.755. The van der Waals surface area contributed by atoms with E-state index >= 15 is 0 Å². The molecule has 1 N–H and O–H groups in total. The number of hydrogen-bond acceptors (Lipinski definition) is 4. The number of aryl methyl sites for hydroxylation is 1. The van der Waals surface area contributed by atoms with Gasteiger partial charge in [-0.2, -0.15) is 0 Å². The van der Waals surface area contributed by atoms with Gasteiger partial charge >= 0.3 is 0 Å². The lowest BCUT2D eigenvalue weighted by molar-refractivity contribution is 0.182. The molecule has 0 bridgehead atoms. The molecule has 0 radical (unpaired) electrons. The number of hydrogen-bond donors (Lipinski definition) is 1. The minimum atomic E-state index is 0.562. The summed E-state index contributed by atoms with van der Waals surface area (Å²) in [5, 5.41) is 3.44. The maximum Gasteiger partial charge on any atom is 0.203 e. The molecular weight excluding hydrogens is 252 g/mol. The van der Waals surface area contributed by atoms with Crippen molar-refractivity contribution in [1.29, 1.82) is 0 Å². The van der Waals surface area contributed by atoms with Crippen molar-refractivity contribution in [3.63, 3.8) is 0 Å². The first kappa shape index (κ1) is 17.0. The number of nitrogens with one attached hydrogen (secondary N) is 1. The third kappa shape index (κ3) is 5.13. The zero-order valence-corrected chi connectivity index (χ0v) is 13.8. The maximum absolute atomic E-state index is 5.13. The molecule has 0 aliphatic heterocycles. The zero-order valence-electron chi connectivity index (χ0n) is 13.8. The van der Waals surface area contributed by atoms with E-state index in [1.165, 1.54) is 0 Å². The Hall–Kier alpha value is -1.07. The maximum atomic E-state index is 5.13. The van der Waals surface area contributed by atoms with Crippen LogP contribution in [0.5, 0.6) is 0 Å². The predicted molar refractivity (Wildman–Crippen MR) is 84.3 cm³/mol. The lowest BCUT2D eigenvalue weighted by Gasteiger charge is -2.30. The van der Waals surface area contributed by atoms with Gasteiger partial charge in [0, 0.05) is 45.0 Å². The molecule has 0 aromatic carbocycles. The Morgan fingerprint density at radius 1 is 1.30 bits per heavy atom. The SMILES string of the molecule is COCCn1cc(C)nc1NCCN(C(C)C)C(C)C. The first-order valence-electron chi connectivity index (χ1n) is 7.48. The summed E-state index contributed by atoms with van der Waals surface area (Å²) in [6.45, 7) is 14.4. The summed E-state index contributed by atoms with van der Waals surface area (Å²) in [6.07, 6.45) is 2.06. The van der Waals surface area contributed by atoms with Crippen LogP contribution in [0.15, 0.2) is 6.20 Å². The van der Waals surface area contributed by atoms with Gasteiger partial charge in [0.05, 0.1) is 12.3 Å². The predicted octanol–water partition coefficient (Wildman–Crippen LogP) is 2.37. The summed E-state index contributed by atoms with van der Waals surface area (Å²) in [6, 6.07) is 1.12. The molecule has 116 valence electrons. The molecule has 1 rings (SSSR count). The first-order chi connectivity index (χ1) is 9.45. The second kappa shape index (κ2) is 8.27. The van der Waals surface area contributed by atoms with Crippen LogP contribution < -0.4 is 5.32 Å². The average molecular weight is 282 g/mol. The van der Waals surface area contributed by atoms with Crippen molar-refractivity contribution < 1.29 is 4.74 Å². The smallest absolute Gasteiger partial charge is 0.203 e. The number of nitrogens with zero attached hydrogens (tertiary/aromatic N) is 3. The van der Waals surface area contributed by atoms with Crippen molar-refractivity contribution in [2.75, 3.05) is 32.1 Å². The first-order valence-corrected chi connectivity index (χ1v) is 7.48. The van der Waals surface area contributed by atoms with Crippen molar-refractivity contribution in [2.45, 2.75) is 53.2 Å². The Labute approximate surface area is 123 Å². The highest BCUT2D eigenvalue weighted by molar-refractivity contribution is 5.28. The molecule has 0 saturated carbocycles. The standard InChI is InChI=1S/C15H30N4O/c1-12(2)19(13(3)4)8-7-16-15-17-14(5)11-18(15)9-10-20-6/h11-13H,7-10H2,1-6H3,(H,16,17). The van der Waals surface area contributed by atoms with E-state index in [1.54, 1.807) is 7.11 Å². The van der Waals surface area contributed by atoms with E-state index in [2.05, 4.69) is 53.7 Å².